The van der Waals surface area contributed by atoms with Gasteiger partial charge in [-0.3, -0.25) is 0 Å². The number of anilines is 1. The average molecular weight is 371 g/mol. The number of fused-ring (bicyclic) bond motifs is 1. The van der Waals surface area contributed by atoms with Crippen molar-refractivity contribution in [2.75, 3.05) is 11.9 Å². The first kappa shape index (κ1) is 19.8. The van der Waals surface area contributed by atoms with Gasteiger partial charge in [-0.1, -0.05) is 45.0 Å². The van der Waals surface area contributed by atoms with E-state index in [4.69, 9.17) is 5.11 Å². The van der Waals surface area contributed by atoms with Crippen molar-refractivity contribution in [3.05, 3.63) is 65.0 Å². The van der Waals surface area contributed by atoms with Crippen LogP contribution in [-0.4, -0.2) is 22.9 Å². The van der Waals surface area contributed by atoms with Crippen LogP contribution in [0.25, 0.3) is 0 Å². The molecule has 2 aromatic carbocycles. The zero-order valence-electron chi connectivity index (χ0n) is 16.4. The first-order chi connectivity index (χ1) is 12.8. The zero-order chi connectivity index (χ0) is 19.6. The molecule has 3 N–H and O–H groups in total. The summed E-state index contributed by atoms with van der Waals surface area (Å²) >= 11 is 0. The van der Waals surface area contributed by atoms with E-state index in [9.17, 15) is 9.50 Å². The SMILES string of the molecule is CC(C)(C)c1ccc2c(c1)C[C@H](CC[C@H](O)CO)C(c1ccc(F)cc1)N2. The fourth-order valence-corrected chi connectivity index (χ4v) is 3.85. The Bertz CT molecular complexity index is 767. The second-order valence-electron chi connectivity index (χ2n) is 8.67. The second kappa shape index (κ2) is 7.99. The Morgan fingerprint density at radius 3 is 2.48 bits per heavy atom. The molecule has 146 valence electrons. The Balaban J connectivity index is 1.91. The van der Waals surface area contributed by atoms with Crippen molar-refractivity contribution in [3.63, 3.8) is 0 Å². The van der Waals surface area contributed by atoms with E-state index in [0.717, 1.165) is 24.1 Å². The van der Waals surface area contributed by atoms with Crippen molar-refractivity contribution in [3.8, 4) is 0 Å². The number of halogens is 1. The van der Waals surface area contributed by atoms with E-state index in [-0.39, 0.29) is 29.8 Å². The summed E-state index contributed by atoms with van der Waals surface area (Å²) in [4.78, 5) is 0. The van der Waals surface area contributed by atoms with E-state index < -0.39 is 6.10 Å². The van der Waals surface area contributed by atoms with Crippen LogP contribution in [0.5, 0.6) is 0 Å². The predicted octanol–water partition coefficient (Wildman–Crippen LogP) is 4.58. The van der Waals surface area contributed by atoms with Crippen molar-refractivity contribution in [2.24, 2.45) is 5.92 Å². The molecular formula is C23H30FNO2. The average Bonchev–Trinajstić information content (AvgIpc) is 2.64. The van der Waals surface area contributed by atoms with Crippen molar-refractivity contribution < 1.29 is 14.6 Å². The lowest BCUT2D eigenvalue weighted by molar-refractivity contribution is 0.0813. The molecule has 0 bridgehead atoms. The summed E-state index contributed by atoms with van der Waals surface area (Å²) in [6.07, 6.45) is 1.54. The Morgan fingerprint density at radius 2 is 1.85 bits per heavy atom. The van der Waals surface area contributed by atoms with Crippen LogP contribution >= 0.6 is 0 Å². The van der Waals surface area contributed by atoms with Gasteiger partial charge in [0.25, 0.3) is 0 Å². The standard InChI is InChI=1S/C23H30FNO2/c1-23(2,3)18-7-11-21-17(13-18)12-16(6-10-20(27)14-26)22(25-21)15-4-8-19(24)9-5-15/h4-5,7-9,11,13,16,20,22,25-27H,6,10,12,14H2,1-3H3/t16-,20-,22?/m0/s1. The van der Waals surface area contributed by atoms with Crippen molar-refractivity contribution in [1.82, 2.24) is 0 Å². The molecule has 1 heterocycles. The predicted molar refractivity (Wildman–Crippen MR) is 107 cm³/mol. The summed E-state index contributed by atoms with van der Waals surface area (Å²) in [5.74, 6) is 0.0245. The smallest absolute Gasteiger partial charge is 0.123 e. The summed E-state index contributed by atoms with van der Waals surface area (Å²) < 4.78 is 13.4. The van der Waals surface area contributed by atoms with Gasteiger partial charge in [0, 0.05) is 5.69 Å². The van der Waals surface area contributed by atoms with E-state index >= 15 is 0 Å². The maximum Gasteiger partial charge on any atom is 0.123 e. The molecule has 3 nitrogen and oxygen atoms in total. The lowest BCUT2D eigenvalue weighted by atomic mass is 9.78. The number of aliphatic hydroxyl groups is 2. The van der Waals surface area contributed by atoms with Crippen LogP contribution in [0.4, 0.5) is 10.1 Å². The molecule has 0 aromatic heterocycles. The van der Waals surface area contributed by atoms with E-state index in [2.05, 4.69) is 44.3 Å². The van der Waals surface area contributed by atoms with Crippen LogP contribution in [0.1, 0.15) is 56.3 Å². The molecular weight excluding hydrogens is 341 g/mol. The fourth-order valence-electron chi connectivity index (χ4n) is 3.85. The van der Waals surface area contributed by atoms with Crippen molar-refractivity contribution in [2.45, 2.75) is 57.6 Å². The molecule has 3 atom stereocenters. The second-order valence-corrected chi connectivity index (χ2v) is 8.67. The third-order valence-corrected chi connectivity index (χ3v) is 5.55. The van der Waals surface area contributed by atoms with Gasteiger partial charge in [0.1, 0.15) is 5.82 Å². The van der Waals surface area contributed by atoms with Gasteiger partial charge in [-0.15, -0.1) is 0 Å². The van der Waals surface area contributed by atoms with E-state index in [1.54, 1.807) is 0 Å². The van der Waals surface area contributed by atoms with Crippen LogP contribution in [-0.2, 0) is 11.8 Å². The molecule has 0 saturated carbocycles. The number of benzene rings is 2. The molecule has 0 radical (unpaired) electrons. The summed E-state index contributed by atoms with van der Waals surface area (Å²) in [5, 5.41) is 22.6. The maximum atomic E-state index is 13.4. The van der Waals surface area contributed by atoms with Crippen LogP contribution < -0.4 is 5.32 Å². The number of rotatable bonds is 5. The minimum Gasteiger partial charge on any atom is -0.394 e. The van der Waals surface area contributed by atoms with Crippen LogP contribution in [0, 0.1) is 11.7 Å². The molecule has 0 saturated heterocycles. The molecule has 0 spiro atoms. The topological polar surface area (TPSA) is 52.5 Å². The Morgan fingerprint density at radius 1 is 1.15 bits per heavy atom. The Kier molecular flexibility index (Phi) is 5.87. The highest BCUT2D eigenvalue weighted by Gasteiger charge is 2.30. The first-order valence-corrected chi connectivity index (χ1v) is 9.72. The third kappa shape index (κ3) is 4.69. The molecule has 1 aliphatic heterocycles. The van der Waals surface area contributed by atoms with E-state index in [0.29, 0.717) is 6.42 Å². The van der Waals surface area contributed by atoms with Gasteiger partial charge in [-0.2, -0.15) is 0 Å². The molecule has 0 amide bonds. The molecule has 2 aromatic rings. The van der Waals surface area contributed by atoms with E-state index in [1.807, 2.05) is 12.1 Å². The lowest BCUT2D eigenvalue weighted by Crippen LogP contribution is -2.29. The van der Waals surface area contributed by atoms with E-state index in [1.165, 1.54) is 23.3 Å². The summed E-state index contributed by atoms with van der Waals surface area (Å²) in [6, 6.07) is 13.3. The first-order valence-electron chi connectivity index (χ1n) is 9.72. The Hall–Kier alpha value is -1.91. The van der Waals surface area contributed by atoms with Gasteiger partial charge in [0.05, 0.1) is 18.8 Å². The summed E-state index contributed by atoms with van der Waals surface area (Å²) in [6.45, 7) is 6.41. The minimum absolute atomic E-state index is 0.0597. The third-order valence-electron chi connectivity index (χ3n) is 5.55. The van der Waals surface area contributed by atoms with Crippen molar-refractivity contribution >= 4 is 5.69 Å². The molecule has 0 aliphatic carbocycles. The Labute approximate surface area is 161 Å². The number of nitrogens with one attached hydrogen (secondary N) is 1. The minimum atomic E-state index is -0.693. The van der Waals surface area contributed by atoms with Gasteiger partial charge in [0.2, 0.25) is 0 Å². The van der Waals surface area contributed by atoms with Crippen LogP contribution in [0.2, 0.25) is 0 Å². The fraction of sp³-hybridized carbons (Fsp3) is 0.478. The highest BCUT2D eigenvalue weighted by Crippen LogP contribution is 2.40. The maximum absolute atomic E-state index is 13.4. The van der Waals surface area contributed by atoms with Crippen molar-refractivity contribution in [1.29, 1.82) is 0 Å². The van der Waals surface area contributed by atoms with Crippen LogP contribution in [0.3, 0.4) is 0 Å². The van der Waals surface area contributed by atoms with Crippen LogP contribution in [0.15, 0.2) is 42.5 Å². The van der Waals surface area contributed by atoms with Gasteiger partial charge >= 0.3 is 0 Å². The molecule has 3 rings (SSSR count). The van der Waals surface area contributed by atoms with Gasteiger partial charge < -0.3 is 15.5 Å². The summed E-state index contributed by atoms with van der Waals surface area (Å²) in [5.41, 5.74) is 4.84. The normalized spacial score (nSPS) is 20.7. The molecule has 1 aliphatic rings. The largest absolute Gasteiger partial charge is 0.394 e. The number of hydrogen-bond donors (Lipinski definition) is 3. The quantitative estimate of drug-likeness (QED) is 0.721. The van der Waals surface area contributed by atoms with Gasteiger partial charge in [-0.05, 0) is 65.5 Å². The highest BCUT2D eigenvalue weighted by molar-refractivity contribution is 5.57. The zero-order valence-corrected chi connectivity index (χ0v) is 16.4. The van der Waals surface area contributed by atoms with Gasteiger partial charge in [0.15, 0.2) is 0 Å². The molecule has 4 heteroatoms. The molecule has 1 unspecified atom stereocenters. The number of aliphatic hydroxyl groups excluding tert-OH is 2. The monoisotopic (exact) mass is 371 g/mol. The molecule has 27 heavy (non-hydrogen) atoms. The highest BCUT2D eigenvalue weighted by atomic mass is 19.1. The lowest BCUT2D eigenvalue weighted by Gasteiger charge is -2.36. The molecule has 0 fully saturated rings. The van der Waals surface area contributed by atoms with Gasteiger partial charge in [-0.25, -0.2) is 4.39 Å². The number of hydrogen-bond acceptors (Lipinski definition) is 3. The summed E-state index contributed by atoms with van der Waals surface area (Å²) in [7, 11) is 0.